The van der Waals surface area contributed by atoms with Crippen LogP contribution in [0.4, 0.5) is 10.8 Å². The normalized spacial score (nSPS) is 10.7. The lowest BCUT2D eigenvalue weighted by atomic mass is 10.1. The van der Waals surface area contributed by atoms with Crippen molar-refractivity contribution in [3.05, 3.63) is 76.3 Å². The molecule has 0 aliphatic heterocycles. The van der Waals surface area contributed by atoms with E-state index in [2.05, 4.69) is 20.6 Å². The van der Waals surface area contributed by atoms with Crippen molar-refractivity contribution >= 4 is 50.8 Å². The molecule has 0 aliphatic rings. The smallest absolute Gasteiger partial charge is 0.257 e. The number of aryl methyl sites for hydroxylation is 1. The van der Waals surface area contributed by atoms with E-state index >= 15 is 0 Å². The van der Waals surface area contributed by atoms with Gasteiger partial charge in [-0.25, -0.2) is 4.98 Å². The summed E-state index contributed by atoms with van der Waals surface area (Å²) in [6.07, 6.45) is 1.94. The van der Waals surface area contributed by atoms with E-state index in [9.17, 15) is 9.59 Å². The van der Waals surface area contributed by atoms with Crippen LogP contribution in [0.15, 0.2) is 59.6 Å². The van der Waals surface area contributed by atoms with Crippen LogP contribution < -0.4 is 10.6 Å². The summed E-state index contributed by atoms with van der Waals surface area (Å²) in [4.78, 5) is 33.9. The van der Waals surface area contributed by atoms with Crippen LogP contribution in [0.1, 0.15) is 52.1 Å². The SMILES string of the molecule is CC.CSC(=NCc1sc(NC(=O)c2ccccc2)nc1C)Nc1cccc(C(C)=O)c1. The van der Waals surface area contributed by atoms with Gasteiger partial charge in [0.25, 0.3) is 5.91 Å². The molecule has 3 rings (SSSR count). The summed E-state index contributed by atoms with van der Waals surface area (Å²) in [5.74, 6) is -0.164. The number of thiazole rings is 1. The maximum atomic E-state index is 12.3. The molecule has 0 fully saturated rings. The first-order valence-corrected chi connectivity index (χ1v) is 12.3. The van der Waals surface area contributed by atoms with Crippen molar-refractivity contribution in [3.63, 3.8) is 0 Å². The van der Waals surface area contributed by atoms with Crippen LogP contribution in [0.25, 0.3) is 0 Å². The Hall–Kier alpha value is -2.97. The molecule has 1 aromatic heterocycles. The van der Waals surface area contributed by atoms with Gasteiger partial charge in [-0.3, -0.25) is 19.9 Å². The van der Waals surface area contributed by atoms with Crippen molar-refractivity contribution in [2.75, 3.05) is 16.9 Å². The van der Waals surface area contributed by atoms with Gasteiger partial charge in [-0.2, -0.15) is 0 Å². The molecule has 168 valence electrons. The Balaban J connectivity index is 0.00000176. The van der Waals surface area contributed by atoms with Crippen molar-refractivity contribution in [3.8, 4) is 0 Å². The zero-order chi connectivity index (χ0) is 23.5. The van der Waals surface area contributed by atoms with Crippen LogP contribution in [0, 0.1) is 6.92 Å². The van der Waals surface area contributed by atoms with Crippen molar-refractivity contribution in [2.24, 2.45) is 4.99 Å². The van der Waals surface area contributed by atoms with E-state index in [-0.39, 0.29) is 11.7 Å². The van der Waals surface area contributed by atoms with Crippen LogP contribution in [0.3, 0.4) is 0 Å². The molecule has 8 heteroatoms. The third-order valence-electron chi connectivity index (χ3n) is 4.23. The third-order valence-corrected chi connectivity index (χ3v) is 5.90. The summed E-state index contributed by atoms with van der Waals surface area (Å²) in [5.41, 5.74) is 2.89. The number of nitrogens with zero attached hydrogens (tertiary/aromatic N) is 2. The Kier molecular flexibility index (Phi) is 10.1. The predicted molar refractivity (Wildman–Crippen MR) is 137 cm³/mol. The lowest BCUT2D eigenvalue weighted by Gasteiger charge is -2.08. The number of ketones is 1. The number of benzene rings is 2. The fourth-order valence-corrected chi connectivity index (χ4v) is 3.92. The number of amidine groups is 1. The molecule has 0 saturated heterocycles. The van der Waals surface area contributed by atoms with Crippen molar-refractivity contribution in [1.29, 1.82) is 0 Å². The zero-order valence-corrected chi connectivity index (χ0v) is 20.6. The average Bonchev–Trinajstić information content (AvgIpc) is 3.17. The molecular weight excluding hydrogens is 440 g/mol. The van der Waals surface area contributed by atoms with Crippen molar-refractivity contribution in [2.45, 2.75) is 34.2 Å². The van der Waals surface area contributed by atoms with Gasteiger partial charge in [0, 0.05) is 16.8 Å². The van der Waals surface area contributed by atoms with Gasteiger partial charge in [-0.1, -0.05) is 67.3 Å². The molecule has 0 saturated carbocycles. The highest BCUT2D eigenvalue weighted by atomic mass is 32.2. The highest BCUT2D eigenvalue weighted by Crippen LogP contribution is 2.24. The Morgan fingerprint density at radius 3 is 2.38 bits per heavy atom. The molecule has 0 atom stereocenters. The summed E-state index contributed by atoms with van der Waals surface area (Å²) in [6.45, 7) is 7.89. The Morgan fingerprint density at radius 2 is 1.72 bits per heavy atom. The molecule has 2 aromatic carbocycles. The van der Waals surface area contributed by atoms with Gasteiger partial charge in [-0.15, -0.1) is 0 Å². The van der Waals surface area contributed by atoms with Crippen molar-refractivity contribution < 1.29 is 9.59 Å². The Morgan fingerprint density at radius 1 is 1.03 bits per heavy atom. The molecule has 0 spiro atoms. The number of amides is 1. The van der Waals surface area contributed by atoms with Gasteiger partial charge in [-0.05, 0) is 44.4 Å². The number of thioether (sulfide) groups is 1. The summed E-state index contributed by atoms with van der Waals surface area (Å²) in [6, 6.07) is 16.4. The minimum absolute atomic E-state index is 0.0201. The van der Waals surface area contributed by atoms with Gasteiger partial charge in [0.05, 0.1) is 17.1 Å². The first kappa shape index (κ1) is 25.3. The van der Waals surface area contributed by atoms with Crippen LogP contribution in [-0.2, 0) is 6.54 Å². The standard InChI is InChI=1S/C22H22N4O2S2.C2H6/c1-14-19(30-22(24-14)26-20(28)16-8-5-4-6-9-16)13-23-21(29-3)25-18-11-7-10-17(12-18)15(2)27;1-2/h4-12H,13H2,1-3H3,(H,23,25)(H,24,26,28);1-2H3. The van der Waals surface area contributed by atoms with E-state index in [1.165, 1.54) is 23.1 Å². The first-order valence-electron chi connectivity index (χ1n) is 10.3. The molecular formula is C24H28N4O2S2. The maximum absolute atomic E-state index is 12.3. The lowest BCUT2D eigenvalue weighted by Crippen LogP contribution is -2.11. The topological polar surface area (TPSA) is 83.4 Å². The van der Waals surface area contributed by atoms with E-state index in [0.717, 1.165) is 21.4 Å². The predicted octanol–water partition coefficient (Wildman–Crippen LogP) is 6.26. The maximum Gasteiger partial charge on any atom is 0.257 e. The lowest BCUT2D eigenvalue weighted by molar-refractivity contribution is 0.101. The molecule has 1 heterocycles. The van der Waals surface area contributed by atoms with E-state index in [4.69, 9.17) is 0 Å². The van der Waals surface area contributed by atoms with E-state index in [1.54, 1.807) is 25.1 Å². The summed E-state index contributed by atoms with van der Waals surface area (Å²) >= 11 is 2.90. The molecule has 0 bridgehead atoms. The molecule has 2 N–H and O–H groups in total. The minimum Gasteiger partial charge on any atom is -0.335 e. The number of carbonyl (C=O) groups excluding carboxylic acids is 2. The first-order chi connectivity index (χ1) is 15.5. The molecule has 6 nitrogen and oxygen atoms in total. The summed E-state index contributed by atoms with van der Waals surface area (Å²) < 4.78 is 0. The van der Waals surface area contributed by atoms with Gasteiger partial charge in [0.15, 0.2) is 16.1 Å². The monoisotopic (exact) mass is 468 g/mol. The number of aromatic nitrogens is 1. The van der Waals surface area contributed by atoms with Gasteiger partial charge >= 0.3 is 0 Å². The molecule has 0 radical (unpaired) electrons. The highest BCUT2D eigenvalue weighted by Gasteiger charge is 2.12. The largest absolute Gasteiger partial charge is 0.335 e. The van der Waals surface area contributed by atoms with Crippen LogP contribution >= 0.6 is 23.1 Å². The summed E-state index contributed by atoms with van der Waals surface area (Å²) in [5, 5.41) is 7.38. The number of rotatable bonds is 6. The van der Waals surface area contributed by atoms with Crippen LogP contribution in [0.2, 0.25) is 0 Å². The second kappa shape index (κ2) is 12.8. The number of Topliss-reactive ketones (excluding diaryl/α,β-unsaturated/α-hetero) is 1. The fraction of sp³-hybridized carbons (Fsp3) is 0.250. The van der Waals surface area contributed by atoms with E-state index < -0.39 is 0 Å². The second-order valence-electron chi connectivity index (χ2n) is 6.44. The van der Waals surface area contributed by atoms with Gasteiger partial charge in [0.2, 0.25) is 0 Å². The highest BCUT2D eigenvalue weighted by molar-refractivity contribution is 8.13. The number of nitrogens with one attached hydrogen (secondary N) is 2. The van der Waals surface area contributed by atoms with Crippen LogP contribution in [-0.4, -0.2) is 28.1 Å². The zero-order valence-electron chi connectivity index (χ0n) is 18.9. The van der Waals surface area contributed by atoms with Crippen molar-refractivity contribution in [1.82, 2.24) is 4.98 Å². The third kappa shape index (κ3) is 7.32. The quantitative estimate of drug-likeness (QED) is 0.253. The average molecular weight is 469 g/mol. The molecule has 3 aromatic rings. The van der Waals surface area contributed by atoms with Gasteiger partial charge in [0.1, 0.15) is 0 Å². The number of anilines is 2. The number of carbonyl (C=O) groups is 2. The number of hydrogen-bond acceptors (Lipinski definition) is 6. The number of hydrogen-bond donors (Lipinski definition) is 2. The minimum atomic E-state index is -0.184. The van der Waals surface area contributed by atoms with E-state index in [0.29, 0.717) is 22.8 Å². The van der Waals surface area contributed by atoms with Crippen LogP contribution in [0.5, 0.6) is 0 Å². The Bertz CT molecular complexity index is 1080. The second-order valence-corrected chi connectivity index (χ2v) is 8.31. The number of aliphatic imine (C=N–C) groups is 1. The summed E-state index contributed by atoms with van der Waals surface area (Å²) in [7, 11) is 0. The fourth-order valence-electron chi connectivity index (χ4n) is 2.63. The van der Waals surface area contributed by atoms with E-state index in [1.807, 2.05) is 63.4 Å². The van der Waals surface area contributed by atoms with Gasteiger partial charge < -0.3 is 5.32 Å². The molecule has 0 unspecified atom stereocenters. The molecule has 0 aliphatic carbocycles. The Labute approximate surface area is 197 Å². The molecule has 1 amide bonds. The molecule has 32 heavy (non-hydrogen) atoms.